The van der Waals surface area contributed by atoms with Gasteiger partial charge in [-0.3, -0.25) is 0 Å². The molecule has 0 aliphatic heterocycles. The van der Waals surface area contributed by atoms with E-state index in [9.17, 15) is 0 Å². The number of halogens is 2. The van der Waals surface area contributed by atoms with Gasteiger partial charge in [-0.05, 0) is 72.4 Å². The van der Waals surface area contributed by atoms with Crippen molar-refractivity contribution in [3.8, 4) is 0 Å². The first-order valence-corrected chi connectivity index (χ1v) is 7.85. The number of hydrogen-bond acceptors (Lipinski definition) is 1. The quantitative estimate of drug-likeness (QED) is 0.693. The standard InChI is InChI=1S/C17H19BrClN/c1-10-5-6-11(2)14(7-10)13(4)20-17-9-16(19)12(3)8-15(17)18/h5-9,13,20H,1-4H3. The third-order valence-corrected chi connectivity index (χ3v) is 4.58. The zero-order valence-corrected chi connectivity index (χ0v) is 14.6. The van der Waals surface area contributed by atoms with Gasteiger partial charge in [0, 0.05) is 15.5 Å². The predicted octanol–water partition coefficient (Wildman–Crippen LogP) is 6.20. The van der Waals surface area contributed by atoms with E-state index >= 15 is 0 Å². The first-order valence-electron chi connectivity index (χ1n) is 6.68. The molecule has 0 spiro atoms. The van der Waals surface area contributed by atoms with E-state index in [-0.39, 0.29) is 6.04 Å². The van der Waals surface area contributed by atoms with Crippen molar-refractivity contribution in [2.24, 2.45) is 0 Å². The highest BCUT2D eigenvalue weighted by molar-refractivity contribution is 9.10. The summed E-state index contributed by atoms with van der Waals surface area (Å²) >= 11 is 9.81. The number of anilines is 1. The second kappa shape index (κ2) is 6.19. The molecule has 1 nitrogen and oxygen atoms in total. The lowest BCUT2D eigenvalue weighted by atomic mass is 10.00. The SMILES string of the molecule is Cc1ccc(C)c(C(C)Nc2cc(Cl)c(C)cc2Br)c1. The minimum Gasteiger partial charge on any atom is -0.378 e. The Morgan fingerprint density at radius 3 is 2.45 bits per heavy atom. The molecule has 20 heavy (non-hydrogen) atoms. The first kappa shape index (κ1) is 15.4. The average molecular weight is 353 g/mol. The van der Waals surface area contributed by atoms with Crippen LogP contribution in [0, 0.1) is 20.8 Å². The van der Waals surface area contributed by atoms with E-state index < -0.39 is 0 Å². The highest BCUT2D eigenvalue weighted by atomic mass is 79.9. The van der Waals surface area contributed by atoms with Crippen molar-refractivity contribution in [1.82, 2.24) is 0 Å². The molecule has 2 aromatic carbocycles. The molecule has 0 aromatic heterocycles. The second-order valence-corrected chi connectivity index (χ2v) is 6.57. The number of rotatable bonds is 3. The third-order valence-electron chi connectivity index (χ3n) is 3.52. The van der Waals surface area contributed by atoms with Crippen LogP contribution in [-0.4, -0.2) is 0 Å². The van der Waals surface area contributed by atoms with Crippen molar-refractivity contribution >= 4 is 33.2 Å². The lowest BCUT2D eigenvalue weighted by Gasteiger charge is -2.20. The van der Waals surface area contributed by atoms with Crippen LogP contribution in [0.5, 0.6) is 0 Å². The minimum atomic E-state index is 0.227. The Labute approximate surface area is 134 Å². The van der Waals surface area contributed by atoms with Crippen molar-refractivity contribution in [2.75, 3.05) is 5.32 Å². The molecule has 1 unspecified atom stereocenters. The maximum atomic E-state index is 6.21. The van der Waals surface area contributed by atoms with Crippen LogP contribution < -0.4 is 5.32 Å². The van der Waals surface area contributed by atoms with Crippen molar-refractivity contribution < 1.29 is 0 Å². The maximum absolute atomic E-state index is 6.21. The lowest BCUT2D eigenvalue weighted by molar-refractivity contribution is 0.871. The van der Waals surface area contributed by atoms with Gasteiger partial charge in [-0.1, -0.05) is 35.4 Å². The fraction of sp³-hybridized carbons (Fsp3) is 0.294. The Bertz CT molecular complexity index is 637. The van der Waals surface area contributed by atoms with Gasteiger partial charge in [0.25, 0.3) is 0 Å². The zero-order chi connectivity index (χ0) is 14.9. The monoisotopic (exact) mass is 351 g/mol. The summed E-state index contributed by atoms with van der Waals surface area (Å²) in [6, 6.07) is 10.8. The largest absolute Gasteiger partial charge is 0.378 e. The molecule has 0 aliphatic carbocycles. The number of aryl methyl sites for hydroxylation is 3. The van der Waals surface area contributed by atoms with E-state index in [2.05, 4.69) is 60.2 Å². The van der Waals surface area contributed by atoms with Crippen molar-refractivity contribution in [2.45, 2.75) is 33.7 Å². The Kier molecular flexibility index (Phi) is 4.77. The van der Waals surface area contributed by atoms with Crippen LogP contribution in [0.25, 0.3) is 0 Å². The third kappa shape index (κ3) is 3.36. The van der Waals surface area contributed by atoms with E-state index in [1.165, 1.54) is 16.7 Å². The molecular weight excluding hydrogens is 334 g/mol. The molecule has 2 rings (SSSR count). The number of benzene rings is 2. The van der Waals surface area contributed by atoms with Crippen LogP contribution in [0.3, 0.4) is 0 Å². The van der Waals surface area contributed by atoms with Gasteiger partial charge in [0.2, 0.25) is 0 Å². The van der Waals surface area contributed by atoms with Crippen LogP contribution in [-0.2, 0) is 0 Å². The van der Waals surface area contributed by atoms with Gasteiger partial charge >= 0.3 is 0 Å². The van der Waals surface area contributed by atoms with E-state index in [1.54, 1.807) is 0 Å². The topological polar surface area (TPSA) is 12.0 Å². The minimum absolute atomic E-state index is 0.227. The summed E-state index contributed by atoms with van der Waals surface area (Å²) in [4.78, 5) is 0. The fourth-order valence-corrected chi connectivity index (χ4v) is 3.03. The van der Waals surface area contributed by atoms with Gasteiger partial charge in [-0.25, -0.2) is 0 Å². The molecule has 1 N–H and O–H groups in total. The summed E-state index contributed by atoms with van der Waals surface area (Å²) in [5, 5.41) is 4.31. The first-order chi connectivity index (χ1) is 9.38. The molecule has 0 amide bonds. The summed E-state index contributed by atoms with van der Waals surface area (Å²) in [5.41, 5.74) is 5.98. The summed E-state index contributed by atoms with van der Waals surface area (Å²) in [6.07, 6.45) is 0. The summed E-state index contributed by atoms with van der Waals surface area (Å²) in [6.45, 7) is 8.44. The molecule has 0 fully saturated rings. The van der Waals surface area contributed by atoms with Crippen molar-refractivity contribution in [3.05, 3.63) is 62.1 Å². The van der Waals surface area contributed by atoms with Crippen molar-refractivity contribution in [3.63, 3.8) is 0 Å². The van der Waals surface area contributed by atoms with Gasteiger partial charge in [-0.15, -0.1) is 0 Å². The summed E-state index contributed by atoms with van der Waals surface area (Å²) in [5.74, 6) is 0. The molecule has 0 radical (unpaired) electrons. The smallest absolute Gasteiger partial charge is 0.0504 e. The van der Waals surface area contributed by atoms with Gasteiger partial charge in [0.05, 0.1) is 5.69 Å². The lowest BCUT2D eigenvalue weighted by Crippen LogP contribution is -2.09. The molecule has 0 aliphatic rings. The number of hydrogen-bond donors (Lipinski definition) is 1. The normalized spacial score (nSPS) is 12.3. The van der Waals surface area contributed by atoms with Crippen molar-refractivity contribution in [1.29, 1.82) is 0 Å². The van der Waals surface area contributed by atoms with Crippen LogP contribution in [0.1, 0.15) is 35.2 Å². The van der Waals surface area contributed by atoms with E-state index in [0.29, 0.717) is 0 Å². The molecule has 106 valence electrons. The molecule has 0 heterocycles. The molecule has 3 heteroatoms. The number of nitrogens with one attached hydrogen (secondary N) is 1. The van der Waals surface area contributed by atoms with E-state index in [0.717, 1.165) is 20.7 Å². The molecule has 0 saturated carbocycles. The average Bonchev–Trinajstić information content (AvgIpc) is 2.38. The molecule has 0 bridgehead atoms. The fourth-order valence-electron chi connectivity index (χ4n) is 2.29. The van der Waals surface area contributed by atoms with Crippen LogP contribution in [0.4, 0.5) is 5.69 Å². The van der Waals surface area contributed by atoms with E-state index in [4.69, 9.17) is 11.6 Å². The Hall–Kier alpha value is -0.990. The van der Waals surface area contributed by atoms with Gasteiger partial charge in [-0.2, -0.15) is 0 Å². The Morgan fingerprint density at radius 1 is 1.05 bits per heavy atom. The van der Waals surface area contributed by atoms with Crippen LogP contribution in [0.15, 0.2) is 34.8 Å². The van der Waals surface area contributed by atoms with Crippen LogP contribution >= 0.6 is 27.5 Å². The maximum Gasteiger partial charge on any atom is 0.0504 e. The van der Waals surface area contributed by atoms with Gasteiger partial charge in [0.15, 0.2) is 0 Å². The highest BCUT2D eigenvalue weighted by Gasteiger charge is 2.11. The molecular formula is C17H19BrClN. The zero-order valence-electron chi connectivity index (χ0n) is 12.2. The molecule has 1 atom stereocenters. The van der Waals surface area contributed by atoms with Gasteiger partial charge in [0.1, 0.15) is 0 Å². The summed E-state index contributed by atoms with van der Waals surface area (Å²) < 4.78 is 1.04. The Balaban J connectivity index is 2.30. The summed E-state index contributed by atoms with van der Waals surface area (Å²) in [7, 11) is 0. The Morgan fingerprint density at radius 2 is 1.75 bits per heavy atom. The van der Waals surface area contributed by atoms with E-state index in [1.807, 2.05) is 19.1 Å². The van der Waals surface area contributed by atoms with Gasteiger partial charge < -0.3 is 5.32 Å². The van der Waals surface area contributed by atoms with Crippen LogP contribution in [0.2, 0.25) is 5.02 Å². The molecule has 2 aromatic rings. The molecule has 0 saturated heterocycles. The highest BCUT2D eigenvalue weighted by Crippen LogP contribution is 2.32. The second-order valence-electron chi connectivity index (χ2n) is 5.31. The predicted molar refractivity (Wildman–Crippen MR) is 91.8 cm³/mol.